The first-order valence-corrected chi connectivity index (χ1v) is 15.1. The molecule has 0 spiro atoms. The van der Waals surface area contributed by atoms with Gasteiger partial charge in [-0.3, -0.25) is 4.99 Å². The van der Waals surface area contributed by atoms with E-state index in [0.717, 1.165) is 59.5 Å². The summed E-state index contributed by atoms with van der Waals surface area (Å²) >= 11 is 0. The first-order chi connectivity index (χ1) is 20.7. The number of aliphatic hydroxyl groups excluding tert-OH is 1. The van der Waals surface area contributed by atoms with E-state index in [1.807, 2.05) is 36.5 Å². The fraction of sp³-hybridized carbons (Fsp3) is 0.263. The van der Waals surface area contributed by atoms with Crippen molar-refractivity contribution >= 4 is 40.0 Å². The number of nitrogens with zero attached hydrogens (tertiary/aromatic N) is 2. The van der Waals surface area contributed by atoms with Crippen LogP contribution in [0.3, 0.4) is 0 Å². The maximum Gasteiger partial charge on any atom is 0.147 e. The molecule has 1 radical (unpaired) electrons. The lowest BCUT2D eigenvalue weighted by molar-refractivity contribution is 0.166. The number of rotatable bonds is 5. The zero-order valence-electron chi connectivity index (χ0n) is 23.8. The lowest BCUT2D eigenvalue weighted by Gasteiger charge is -2.43. The Balaban J connectivity index is 1.24. The molecular formula is C38H33N2O2. The van der Waals surface area contributed by atoms with Crippen LogP contribution in [0, 0.1) is 12.0 Å². The molecule has 0 saturated carbocycles. The van der Waals surface area contributed by atoms with Gasteiger partial charge in [0.25, 0.3) is 0 Å². The highest BCUT2D eigenvalue weighted by atomic mass is 16.5. The van der Waals surface area contributed by atoms with Crippen molar-refractivity contribution < 1.29 is 9.84 Å². The molecule has 207 valence electrons. The molecule has 0 saturated heterocycles. The number of aliphatic hydroxyl groups is 1. The van der Waals surface area contributed by atoms with Gasteiger partial charge in [0.1, 0.15) is 18.4 Å². The first-order valence-electron chi connectivity index (χ1n) is 15.1. The molecule has 3 unspecified atom stereocenters. The number of ether oxygens (including phenoxy) is 1. The Morgan fingerprint density at radius 3 is 2.76 bits per heavy atom. The van der Waals surface area contributed by atoms with E-state index in [4.69, 9.17) is 14.7 Å². The minimum Gasteiger partial charge on any atom is -0.487 e. The molecule has 4 aromatic carbocycles. The molecule has 2 aliphatic heterocycles. The molecule has 4 heteroatoms. The van der Waals surface area contributed by atoms with Crippen molar-refractivity contribution in [3.8, 4) is 0 Å². The van der Waals surface area contributed by atoms with Crippen LogP contribution in [-0.4, -0.2) is 29.7 Å². The summed E-state index contributed by atoms with van der Waals surface area (Å²) in [7, 11) is 0. The molecule has 0 bridgehead atoms. The molecule has 0 amide bonds. The van der Waals surface area contributed by atoms with Crippen LogP contribution in [0.15, 0.2) is 94.6 Å². The summed E-state index contributed by atoms with van der Waals surface area (Å²) in [6.07, 6.45) is 10.4. The van der Waals surface area contributed by atoms with Crippen molar-refractivity contribution in [3.63, 3.8) is 0 Å². The third kappa shape index (κ3) is 3.85. The maximum atomic E-state index is 11.3. The minimum absolute atomic E-state index is 0.00714. The predicted molar refractivity (Wildman–Crippen MR) is 170 cm³/mol. The predicted octanol–water partition coefficient (Wildman–Crippen LogP) is 7.58. The maximum absolute atomic E-state index is 11.3. The van der Waals surface area contributed by atoms with E-state index in [-0.39, 0.29) is 12.6 Å². The summed E-state index contributed by atoms with van der Waals surface area (Å²) in [5, 5.41) is 14.0. The smallest absolute Gasteiger partial charge is 0.147 e. The molecule has 2 aliphatic carbocycles. The minimum atomic E-state index is -0.567. The lowest BCUT2D eigenvalue weighted by Crippen LogP contribution is -2.49. The average Bonchev–Trinajstić information content (AvgIpc) is 3.43. The van der Waals surface area contributed by atoms with Crippen LogP contribution in [0.1, 0.15) is 53.1 Å². The Bertz CT molecular complexity index is 1850. The van der Waals surface area contributed by atoms with Gasteiger partial charge >= 0.3 is 0 Å². The fourth-order valence-electron chi connectivity index (χ4n) is 7.61. The number of hydrogen-bond donors (Lipinski definition) is 1. The Morgan fingerprint density at radius 1 is 1.02 bits per heavy atom. The second-order valence-corrected chi connectivity index (χ2v) is 12.2. The molecule has 0 aromatic heterocycles. The molecule has 1 N–H and O–H groups in total. The number of allylic oxidation sites excluding steroid dienone is 2. The van der Waals surface area contributed by atoms with Crippen LogP contribution < -0.4 is 0 Å². The molecule has 4 aliphatic rings. The van der Waals surface area contributed by atoms with Gasteiger partial charge in [0.15, 0.2) is 0 Å². The zero-order chi connectivity index (χ0) is 28.3. The topological polar surface area (TPSA) is 54.2 Å². The van der Waals surface area contributed by atoms with Gasteiger partial charge in [-0.15, -0.1) is 0 Å². The lowest BCUT2D eigenvalue weighted by atomic mass is 9.63. The first kappa shape index (κ1) is 25.4. The van der Waals surface area contributed by atoms with Crippen molar-refractivity contribution in [2.24, 2.45) is 15.9 Å². The molecule has 4 aromatic rings. The van der Waals surface area contributed by atoms with Gasteiger partial charge in [-0.1, -0.05) is 85.8 Å². The van der Waals surface area contributed by atoms with Crippen LogP contribution in [0.2, 0.25) is 0 Å². The quantitative estimate of drug-likeness (QED) is 0.279. The molecule has 4 nitrogen and oxygen atoms in total. The number of fused-ring (bicyclic) bond motifs is 8. The van der Waals surface area contributed by atoms with E-state index >= 15 is 0 Å². The molecule has 42 heavy (non-hydrogen) atoms. The summed E-state index contributed by atoms with van der Waals surface area (Å²) in [6.45, 7) is 2.75. The monoisotopic (exact) mass is 549 g/mol. The van der Waals surface area contributed by atoms with Gasteiger partial charge in [0, 0.05) is 11.0 Å². The summed E-state index contributed by atoms with van der Waals surface area (Å²) in [5.74, 6) is 1.27. The second kappa shape index (κ2) is 9.92. The van der Waals surface area contributed by atoms with Crippen LogP contribution in [0.4, 0.5) is 5.69 Å². The second-order valence-electron chi connectivity index (χ2n) is 12.2. The Kier molecular flexibility index (Phi) is 6.01. The Hall–Kier alpha value is -4.28. The standard InChI is InChI=1S/C38H33N2O2/c1-24-13-14-26-15-16-27-28(31(26)20-24)17-18-32-29(27)11-7-19-38(32,23-41)37-36-35(30-10-5-6-12-33(30)40-36)34(21-39-37)42-22-25-8-3-2-4-9-25/h2-5,8-10,12-18,21,24,37,41H,7,11,19-20,22-23H2,1H3. The van der Waals surface area contributed by atoms with E-state index in [1.54, 1.807) is 0 Å². The van der Waals surface area contributed by atoms with Gasteiger partial charge in [0.2, 0.25) is 0 Å². The highest BCUT2D eigenvalue weighted by Crippen LogP contribution is 2.49. The fourth-order valence-corrected chi connectivity index (χ4v) is 7.61. The summed E-state index contributed by atoms with van der Waals surface area (Å²) < 4.78 is 6.40. The van der Waals surface area contributed by atoms with Crippen LogP contribution >= 0.6 is 0 Å². The van der Waals surface area contributed by atoms with Gasteiger partial charge in [-0.2, -0.15) is 0 Å². The summed E-state index contributed by atoms with van der Waals surface area (Å²) in [6, 6.07) is 28.2. The number of benzene rings is 4. The number of hydrogen-bond acceptors (Lipinski definition) is 4. The number of aliphatic imine (C=N–C) groups is 2. The summed E-state index contributed by atoms with van der Waals surface area (Å²) in [5.41, 5.74) is 9.68. The van der Waals surface area contributed by atoms with Crippen molar-refractivity contribution in [2.75, 3.05) is 6.61 Å². The third-order valence-corrected chi connectivity index (χ3v) is 9.67. The highest BCUT2D eigenvalue weighted by Gasteiger charge is 2.49. The van der Waals surface area contributed by atoms with Gasteiger partial charge in [-0.25, -0.2) is 4.99 Å². The molecular weight excluding hydrogens is 516 g/mol. The Morgan fingerprint density at radius 2 is 1.88 bits per heavy atom. The van der Waals surface area contributed by atoms with Crippen molar-refractivity contribution in [2.45, 2.75) is 50.7 Å². The van der Waals surface area contributed by atoms with E-state index in [2.05, 4.69) is 67.6 Å². The van der Waals surface area contributed by atoms with Gasteiger partial charge in [0.05, 0.1) is 29.8 Å². The van der Waals surface area contributed by atoms with E-state index < -0.39 is 5.41 Å². The number of aryl methyl sites for hydroxylation is 1. The third-order valence-electron chi connectivity index (χ3n) is 9.67. The Labute approximate surface area is 246 Å². The van der Waals surface area contributed by atoms with Crippen LogP contribution in [0.5, 0.6) is 0 Å². The zero-order valence-corrected chi connectivity index (χ0v) is 23.8. The van der Waals surface area contributed by atoms with E-state index in [1.165, 1.54) is 33.0 Å². The van der Waals surface area contributed by atoms with Crippen LogP contribution in [-0.2, 0) is 29.6 Å². The highest BCUT2D eigenvalue weighted by molar-refractivity contribution is 6.35. The SMILES string of the molecule is CC1C=Cc2ccc3c4c(ccc3c2C1)C(CO)(C1N=CC(OCc2ccccc2)=C2C1=Nc1c[c]ccc12)CCC4. The van der Waals surface area contributed by atoms with Crippen molar-refractivity contribution in [1.29, 1.82) is 0 Å². The molecule has 3 atom stereocenters. The normalized spacial score (nSPS) is 23.7. The van der Waals surface area contributed by atoms with Crippen molar-refractivity contribution in [3.05, 3.63) is 124 Å². The average molecular weight is 550 g/mol. The molecule has 2 heterocycles. The number of dihydropyridines is 1. The van der Waals surface area contributed by atoms with Crippen molar-refractivity contribution in [1.82, 2.24) is 0 Å². The largest absolute Gasteiger partial charge is 0.487 e. The van der Waals surface area contributed by atoms with Gasteiger partial charge < -0.3 is 9.84 Å². The summed E-state index contributed by atoms with van der Waals surface area (Å²) in [4.78, 5) is 10.3. The van der Waals surface area contributed by atoms with Gasteiger partial charge in [-0.05, 0) is 82.3 Å². The van der Waals surface area contributed by atoms with E-state index in [9.17, 15) is 5.11 Å². The molecule has 8 rings (SSSR count). The van der Waals surface area contributed by atoms with Crippen LogP contribution in [0.25, 0.3) is 22.4 Å². The molecule has 0 fully saturated rings. The van der Waals surface area contributed by atoms with E-state index in [0.29, 0.717) is 12.5 Å².